The third kappa shape index (κ3) is 5.38. The Hall–Kier alpha value is -4.22. The molecule has 38 heavy (non-hydrogen) atoms. The Balaban J connectivity index is 1.49. The lowest BCUT2D eigenvalue weighted by atomic mass is 10.0. The van der Waals surface area contributed by atoms with Crippen LogP contribution in [0.15, 0.2) is 71.6 Å². The summed E-state index contributed by atoms with van der Waals surface area (Å²) in [6.07, 6.45) is 1.38. The van der Waals surface area contributed by atoms with Crippen LogP contribution in [0.25, 0.3) is 11.0 Å². The molecule has 0 aliphatic heterocycles. The van der Waals surface area contributed by atoms with E-state index in [0.29, 0.717) is 46.6 Å². The number of nitrogens with zero attached hydrogens (tertiary/aromatic N) is 2. The number of ether oxygens (including phenoxy) is 2. The van der Waals surface area contributed by atoms with Crippen molar-refractivity contribution in [2.45, 2.75) is 29.7 Å². The van der Waals surface area contributed by atoms with Crippen molar-refractivity contribution in [3.63, 3.8) is 0 Å². The fourth-order valence-corrected chi connectivity index (χ4v) is 5.04. The summed E-state index contributed by atoms with van der Waals surface area (Å²) in [6, 6.07) is 18.5. The second-order valence-corrected chi connectivity index (χ2v) is 10.8. The van der Waals surface area contributed by atoms with Crippen molar-refractivity contribution >= 4 is 44.2 Å². The Bertz CT molecular complexity index is 1610. The van der Waals surface area contributed by atoms with Crippen molar-refractivity contribution in [3.05, 3.63) is 72.3 Å². The molecule has 0 amide bonds. The number of fused-ring (bicyclic) bond motifs is 1. The number of hydrogen-bond acceptors (Lipinski definition) is 9. The average molecular weight is 534 g/mol. The highest BCUT2D eigenvalue weighted by Gasteiger charge is 2.45. The van der Waals surface area contributed by atoms with Crippen LogP contribution in [0.1, 0.15) is 18.4 Å². The molecule has 0 atom stereocenters. The highest BCUT2D eigenvalue weighted by Crippen LogP contribution is 2.34. The van der Waals surface area contributed by atoms with E-state index in [1.165, 1.54) is 26.4 Å². The summed E-state index contributed by atoms with van der Waals surface area (Å²) in [7, 11) is -1.01. The van der Waals surface area contributed by atoms with Crippen molar-refractivity contribution in [2.75, 3.05) is 24.3 Å². The van der Waals surface area contributed by atoms with Gasteiger partial charge in [-0.25, -0.2) is 18.4 Å². The Morgan fingerprint density at radius 3 is 2.16 bits per heavy atom. The highest BCUT2D eigenvalue weighted by molar-refractivity contribution is 7.92. The number of nitrogens with two attached hydrogens (primary N) is 1. The second-order valence-electron chi connectivity index (χ2n) is 9.14. The number of nitrogens with one attached hydrogen (secondary N) is 2. The van der Waals surface area contributed by atoms with Gasteiger partial charge in [0.1, 0.15) is 11.5 Å². The van der Waals surface area contributed by atoms with Crippen molar-refractivity contribution < 1.29 is 22.7 Å². The fraction of sp³-hybridized carbons (Fsp3) is 0.222. The van der Waals surface area contributed by atoms with Gasteiger partial charge in [-0.2, -0.15) is 0 Å². The van der Waals surface area contributed by atoms with E-state index in [2.05, 4.69) is 20.0 Å². The van der Waals surface area contributed by atoms with Crippen LogP contribution < -0.4 is 25.2 Å². The number of benzene rings is 3. The summed E-state index contributed by atoms with van der Waals surface area (Å²) in [5.74, 6) is 1.18. The minimum atomic E-state index is -4.08. The van der Waals surface area contributed by atoms with Crippen LogP contribution in [0.2, 0.25) is 0 Å². The zero-order valence-corrected chi connectivity index (χ0v) is 21.7. The van der Waals surface area contributed by atoms with E-state index in [1.807, 2.05) is 6.07 Å². The maximum absolute atomic E-state index is 13.4. The van der Waals surface area contributed by atoms with Crippen LogP contribution in [0.3, 0.4) is 0 Å². The molecular weight excluding hydrogens is 506 g/mol. The molecule has 1 aliphatic carbocycles. The lowest BCUT2D eigenvalue weighted by Crippen LogP contribution is -2.34. The lowest BCUT2D eigenvalue weighted by Gasteiger charge is -2.15. The second kappa shape index (κ2) is 9.92. The molecule has 0 unspecified atom stereocenters. The average Bonchev–Trinajstić information content (AvgIpc) is 3.67. The molecule has 10 nitrogen and oxygen atoms in total. The number of ketones is 1. The van der Waals surface area contributed by atoms with E-state index in [1.54, 1.807) is 48.5 Å². The molecule has 1 aromatic heterocycles. The maximum atomic E-state index is 13.4. The normalized spacial score (nSPS) is 14.1. The topological polar surface area (TPSA) is 146 Å². The van der Waals surface area contributed by atoms with Gasteiger partial charge in [0.2, 0.25) is 0 Å². The number of sulfonamides is 1. The number of rotatable bonds is 10. The van der Waals surface area contributed by atoms with Crippen LogP contribution in [0.5, 0.6) is 11.5 Å². The molecular formula is C27H27N5O5S. The van der Waals surface area contributed by atoms with Crippen LogP contribution in [-0.2, 0) is 21.2 Å². The summed E-state index contributed by atoms with van der Waals surface area (Å²) in [5, 5.41) is 3.13. The van der Waals surface area contributed by atoms with Crippen LogP contribution in [0.4, 0.5) is 17.3 Å². The monoisotopic (exact) mass is 533 g/mol. The number of methoxy groups -OCH3 is 2. The van der Waals surface area contributed by atoms with Gasteiger partial charge in [-0.15, -0.1) is 0 Å². The van der Waals surface area contributed by atoms with Crippen LogP contribution in [0, 0.1) is 0 Å². The first-order valence-corrected chi connectivity index (χ1v) is 13.4. The molecule has 0 spiro atoms. The first kappa shape index (κ1) is 25.4. The number of anilines is 3. The Morgan fingerprint density at radius 2 is 1.55 bits per heavy atom. The van der Waals surface area contributed by atoms with Gasteiger partial charge in [0.05, 0.1) is 35.7 Å². The number of Topliss-reactive ketones (excluding diaryl/α,β-unsaturated/α-hetero) is 1. The van der Waals surface area contributed by atoms with Gasteiger partial charge < -0.3 is 20.5 Å². The van der Waals surface area contributed by atoms with Gasteiger partial charge >= 0.3 is 0 Å². The smallest absolute Gasteiger partial charge is 0.263 e. The van der Waals surface area contributed by atoms with Crippen molar-refractivity contribution in [2.24, 2.45) is 5.73 Å². The molecule has 1 fully saturated rings. The van der Waals surface area contributed by atoms with Gasteiger partial charge in [-0.1, -0.05) is 24.3 Å². The minimum Gasteiger partial charge on any atom is -0.497 e. The summed E-state index contributed by atoms with van der Waals surface area (Å²) in [5.41, 5.74) is 7.44. The predicted octanol–water partition coefficient (Wildman–Crippen LogP) is 3.79. The van der Waals surface area contributed by atoms with E-state index < -0.39 is 15.6 Å². The van der Waals surface area contributed by atoms with Crippen molar-refractivity contribution in [3.8, 4) is 11.5 Å². The Labute approximate surface area is 220 Å². The number of carbonyl (C=O) groups is 1. The first-order chi connectivity index (χ1) is 18.2. The van der Waals surface area contributed by atoms with Gasteiger partial charge in [-0.3, -0.25) is 9.52 Å². The third-order valence-electron chi connectivity index (χ3n) is 6.33. The van der Waals surface area contributed by atoms with E-state index in [4.69, 9.17) is 15.2 Å². The largest absolute Gasteiger partial charge is 0.497 e. The highest BCUT2D eigenvalue weighted by atomic mass is 32.2. The quantitative estimate of drug-likeness (QED) is 0.277. The standard InChI is InChI=1S/C27H27N5O5S/c1-36-19-14-18(15-20(16-19)37-2)29-25-26(31-23-9-4-3-8-22(23)30-25)32-38(34,35)21-7-5-6-17(12-21)13-24(33)27(28)10-11-27/h3-9,12,14-16H,10-11,13,28H2,1-2H3,(H,29,30)(H,31,32). The Morgan fingerprint density at radius 1 is 0.921 bits per heavy atom. The van der Waals surface area contributed by atoms with Gasteiger partial charge in [0.15, 0.2) is 17.4 Å². The van der Waals surface area contributed by atoms with Crippen LogP contribution >= 0.6 is 0 Å². The van der Waals surface area contributed by atoms with E-state index in [9.17, 15) is 13.2 Å². The molecule has 1 aliphatic rings. The van der Waals surface area contributed by atoms with Crippen molar-refractivity contribution in [1.82, 2.24) is 9.97 Å². The zero-order chi connectivity index (χ0) is 26.9. The number of hydrogen-bond donors (Lipinski definition) is 3. The molecule has 3 aromatic carbocycles. The predicted molar refractivity (Wildman–Crippen MR) is 144 cm³/mol. The van der Waals surface area contributed by atoms with Crippen molar-refractivity contribution in [1.29, 1.82) is 0 Å². The lowest BCUT2D eigenvalue weighted by molar-refractivity contribution is -0.120. The maximum Gasteiger partial charge on any atom is 0.263 e. The minimum absolute atomic E-state index is 0.00542. The zero-order valence-electron chi connectivity index (χ0n) is 20.9. The fourth-order valence-electron chi connectivity index (χ4n) is 3.96. The summed E-state index contributed by atoms with van der Waals surface area (Å²) >= 11 is 0. The molecule has 196 valence electrons. The first-order valence-electron chi connectivity index (χ1n) is 11.9. The molecule has 0 radical (unpaired) electrons. The molecule has 0 bridgehead atoms. The SMILES string of the molecule is COc1cc(Nc2nc3ccccc3nc2NS(=O)(=O)c2cccc(CC(=O)C3(N)CC3)c2)cc(OC)c1. The van der Waals surface area contributed by atoms with E-state index >= 15 is 0 Å². The summed E-state index contributed by atoms with van der Waals surface area (Å²) < 4.78 is 40.1. The van der Waals surface area contributed by atoms with E-state index in [-0.39, 0.29) is 28.7 Å². The molecule has 4 aromatic rings. The Kier molecular flexibility index (Phi) is 6.64. The number of aromatic nitrogens is 2. The summed E-state index contributed by atoms with van der Waals surface area (Å²) in [6.45, 7) is 0. The van der Waals surface area contributed by atoms with Gasteiger partial charge in [-0.05, 0) is 42.7 Å². The molecule has 4 N–H and O–H groups in total. The molecule has 1 heterocycles. The number of para-hydroxylation sites is 2. The van der Waals surface area contributed by atoms with Crippen LogP contribution in [-0.4, -0.2) is 43.9 Å². The van der Waals surface area contributed by atoms with E-state index in [0.717, 1.165) is 0 Å². The van der Waals surface area contributed by atoms with Gasteiger partial charge in [0.25, 0.3) is 10.0 Å². The summed E-state index contributed by atoms with van der Waals surface area (Å²) in [4.78, 5) is 21.6. The third-order valence-corrected chi connectivity index (χ3v) is 7.67. The molecule has 11 heteroatoms. The van der Waals surface area contributed by atoms with Gasteiger partial charge in [0, 0.05) is 30.3 Å². The molecule has 0 saturated heterocycles. The number of carbonyl (C=O) groups excluding carboxylic acids is 1. The molecule has 1 saturated carbocycles. The molecule has 5 rings (SSSR count).